The van der Waals surface area contributed by atoms with E-state index in [0.29, 0.717) is 19.0 Å². The Kier molecular flexibility index (Phi) is 4.02. The van der Waals surface area contributed by atoms with E-state index in [1.165, 1.54) is 5.56 Å². The third kappa shape index (κ3) is 3.07. The van der Waals surface area contributed by atoms with Gasteiger partial charge in [-0.25, -0.2) is 15.0 Å². The summed E-state index contributed by atoms with van der Waals surface area (Å²) < 4.78 is 5.08. The lowest BCUT2D eigenvalue weighted by Gasteiger charge is -2.07. The molecule has 3 rings (SSSR count). The Morgan fingerprint density at radius 3 is 2.82 bits per heavy atom. The molecule has 0 amide bonds. The number of aryl methyl sites for hydroxylation is 2. The van der Waals surface area contributed by atoms with Crippen LogP contribution in [0.5, 0.6) is 0 Å². The fourth-order valence-electron chi connectivity index (χ4n) is 2.40. The lowest BCUT2D eigenvalue weighted by molar-refractivity contribution is 0.177. The first-order chi connectivity index (χ1) is 10.7. The minimum absolute atomic E-state index is 0.403. The molecule has 0 aliphatic rings. The van der Waals surface area contributed by atoms with Crippen LogP contribution >= 0.6 is 0 Å². The summed E-state index contributed by atoms with van der Waals surface area (Å²) in [5, 5.41) is 3.28. The van der Waals surface area contributed by atoms with Gasteiger partial charge in [0.2, 0.25) is 0 Å². The largest absolute Gasteiger partial charge is 0.377 e. The Morgan fingerprint density at radius 2 is 2.05 bits per heavy atom. The third-order valence-electron chi connectivity index (χ3n) is 3.37. The van der Waals surface area contributed by atoms with E-state index in [0.717, 1.165) is 28.4 Å². The molecule has 0 aliphatic carbocycles. The Hall–Kier alpha value is -2.47. The lowest BCUT2D eigenvalue weighted by atomic mass is 10.2. The Bertz CT molecular complexity index is 796. The average molecular weight is 297 g/mol. The molecule has 0 saturated carbocycles. The van der Waals surface area contributed by atoms with Crippen LogP contribution in [0.2, 0.25) is 0 Å². The zero-order valence-electron chi connectivity index (χ0n) is 13.0. The maximum absolute atomic E-state index is 5.08. The molecule has 0 aliphatic heterocycles. The van der Waals surface area contributed by atoms with Gasteiger partial charge in [0, 0.05) is 18.9 Å². The fraction of sp³-hybridized carbons (Fsp3) is 0.312. The van der Waals surface area contributed by atoms with Crippen molar-refractivity contribution in [3.63, 3.8) is 0 Å². The molecule has 1 aromatic carbocycles. The molecule has 2 N–H and O–H groups in total. The number of rotatable bonds is 5. The van der Waals surface area contributed by atoms with Crippen LogP contribution in [-0.2, 0) is 17.9 Å². The predicted molar refractivity (Wildman–Crippen MR) is 85.6 cm³/mol. The van der Waals surface area contributed by atoms with Gasteiger partial charge in [-0.1, -0.05) is 12.1 Å². The van der Waals surface area contributed by atoms with Crippen LogP contribution in [-0.4, -0.2) is 27.0 Å². The highest BCUT2D eigenvalue weighted by Gasteiger charge is 2.06. The van der Waals surface area contributed by atoms with Gasteiger partial charge in [0.25, 0.3) is 0 Å². The second-order valence-corrected chi connectivity index (χ2v) is 5.25. The predicted octanol–water partition coefficient (Wildman–Crippen LogP) is 2.73. The van der Waals surface area contributed by atoms with Gasteiger partial charge in [-0.2, -0.15) is 0 Å². The molecule has 0 unspecified atom stereocenters. The van der Waals surface area contributed by atoms with Crippen molar-refractivity contribution in [3.05, 3.63) is 47.2 Å². The van der Waals surface area contributed by atoms with E-state index in [4.69, 9.17) is 4.74 Å². The first-order valence-corrected chi connectivity index (χ1v) is 7.17. The van der Waals surface area contributed by atoms with Crippen molar-refractivity contribution < 1.29 is 4.74 Å². The van der Waals surface area contributed by atoms with Crippen molar-refractivity contribution in [1.82, 2.24) is 19.9 Å². The van der Waals surface area contributed by atoms with Crippen LogP contribution in [0.4, 0.5) is 5.82 Å². The first-order valence-electron chi connectivity index (χ1n) is 7.17. The number of benzene rings is 1. The molecule has 22 heavy (non-hydrogen) atoms. The van der Waals surface area contributed by atoms with E-state index < -0.39 is 0 Å². The summed E-state index contributed by atoms with van der Waals surface area (Å²) in [6, 6.07) is 8.03. The molecule has 0 atom stereocenters. The summed E-state index contributed by atoms with van der Waals surface area (Å²) in [4.78, 5) is 16.7. The smallest absolute Gasteiger partial charge is 0.156 e. The van der Waals surface area contributed by atoms with Gasteiger partial charge < -0.3 is 15.0 Å². The first kappa shape index (κ1) is 14.5. The Balaban J connectivity index is 1.77. The van der Waals surface area contributed by atoms with Gasteiger partial charge in [-0.05, 0) is 25.5 Å². The van der Waals surface area contributed by atoms with Gasteiger partial charge in [-0.15, -0.1) is 0 Å². The number of methoxy groups -OCH3 is 1. The van der Waals surface area contributed by atoms with Crippen LogP contribution in [0.25, 0.3) is 11.0 Å². The molecule has 0 saturated heterocycles. The third-order valence-corrected chi connectivity index (χ3v) is 3.37. The summed E-state index contributed by atoms with van der Waals surface area (Å²) in [5.74, 6) is 2.33. The summed E-state index contributed by atoms with van der Waals surface area (Å²) in [6.45, 7) is 4.99. The van der Waals surface area contributed by atoms with Crippen LogP contribution in [0.1, 0.15) is 22.9 Å². The molecule has 6 nitrogen and oxygen atoms in total. The number of anilines is 1. The standard InChI is InChI=1S/C16H19N5O/c1-10-5-4-6-12-16(10)21-14(19-12)8-17-13-7-11(2)18-15(20-13)9-22-3/h4-7H,8-9H2,1-3H3,(H,19,21)(H,17,18,20). The van der Waals surface area contributed by atoms with Crippen molar-refractivity contribution in [2.75, 3.05) is 12.4 Å². The molecule has 114 valence electrons. The van der Waals surface area contributed by atoms with E-state index in [1.54, 1.807) is 7.11 Å². The summed E-state index contributed by atoms with van der Waals surface area (Å²) in [5.41, 5.74) is 4.14. The quantitative estimate of drug-likeness (QED) is 0.757. The Morgan fingerprint density at radius 1 is 1.18 bits per heavy atom. The van der Waals surface area contributed by atoms with Crippen LogP contribution in [0, 0.1) is 13.8 Å². The van der Waals surface area contributed by atoms with E-state index in [2.05, 4.69) is 38.2 Å². The van der Waals surface area contributed by atoms with Crippen molar-refractivity contribution in [3.8, 4) is 0 Å². The maximum atomic E-state index is 5.08. The number of imidazole rings is 1. The number of aromatic amines is 1. The number of ether oxygens (including phenoxy) is 1. The van der Waals surface area contributed by atoms with Crippen molar-refractivity contribution in [1.29, 1.82) is 0 Å². The zero-order valence-corrected chi connectivity index (χ0v) is 13.0. The minimum Gasteiger partial charge on any atom is -0.377 e. The minimum atomic E-state index is 0.403. The van der Waals surface area contributed by atoms with Gasteiger partial charge in [-0.3, -0.25) is 0 Å². The van der Waals surface area contributed by atoms with Crippen LogP contribution in [0.3, 0.4) is 0 Å². The Labute approximate surface area is 129 Å². The van der Waals surface area contributed by atoms with E-state index in [9.17, 15) is 0 Å². The second kappa shape index (κ2) is 6.11. The normalized spacial score (nSPS) is 11.0. The number of H-pyrrole nitrogens is 1. The van der Waals surface area contributed by atoms with Gasteiger partial charge in [0.15, 0.2) is 5.82 Å². The fourth-order valence-corrected chi connectivity index (χ4v) is 2.40. The number of fused-ring (bicyclic) bond motifs is 1. The molecule has 2 aromatic heterocycles. The molecule has 2 heterocycles. The number of hydrogen-bond acceptors (Lipinski definition) is 5. The van der Waals surface area contributed by atoms with Crippen molar-refractivity contribution >= 4 is 16.9 Å². The van der Waals surface area contributed by atoms with Crippen molar-refractivity contribution in [2.45, 2.75) is 27.0 Å². The molecule has 0 fully saturated rings. The molecule has 0 radical (unpaired) electrons. The van der Waals surface area contributed by atoms with Crippen LogP contribution < -0.4 is 5.32 Å². The second-order valence-electron chi connectivity index (χ2n) is 5.25. The topological polar surface area (TPSA) is 75.7 Å². The highest BCUT2D eigenvalue weighted by molar-refractivity contribution is 5.78. The molecule has 0 spiro atoms. The van der Waals surface area contributed by atoms with Gasteiger partial charge in [0.05, 0.1) is 17.6 Å². The summed E-state index contributed by atoms with van der Waals surface area (Å²) in [6.07, 6.45) is 0. The van der Waals surface area contributed by atoms with E-state index >= 15 is 0 Å². The summed E-state index contributed by atoms with van der Waals surface area (Å²) >= 11 is 0. The molecule has 6 heteroatoms. The molecular formula is C16H19N5O. The van der Waals surface area contributed by atoms with Gasteiger partial charge >= 0.3 is 0 Å². The molecular weight excluding hydrogens is 278 g/mol. The zero-order chi connectivity index (χ0) is 15.5. The summed E-state index contributed by atoms with van der Waals surface area (Å²) in [7, 11) is 1.63. The number of nitrogens with one attached hydrogen (secondary N) is 2. The van der Waals surface area contributed by atoms with E-state index in [-0.39, 0.29) is 0 Å². The van der Waals surface area contributed by atoms with E-state index in [1.807, 2.05) is 25.1 Å². The number of hydrogen-bond donors (Lipinski definition) is 2. The number of para-hydroxylation sites is 1. The maximum Gasteiger partial charge on any atom is 0.156 e. The van der Waals surface area contributed by atoms with Crippen molar-refractivity contribution in [2.24, 2.45) is 0 Å². The van der Waals surface area contributed by atoms with Crippen LogP contribution in [0.15, 0.2) is 24.3 Å². The number of aromatic nitrogens is 4. The van der Waals surface area contributed by atoms with Gasteiger partial charge in [0.1, 0.15) is 18.2 Å². The average Bonchev–Trinajstić information content (AvgIpc) is 2.90. The molecule has 0 bridgehead atoms. The highest BCUT2D eigenvalue weighted by atomic mass is 16.5. The monoisotopic (exact) mass is 297 g/mol. The number of nitrogens with zero attached hydrogens (tertiary/aromatic N) is 3. The molecule has 3 aromatic rings. The highest BCUT2D eigenvalue weighted by Crippen LogP contribution is 2.16. The SMILES string of the molecule is COCc1nc(C)cc(NCc2nc3c(C)cccc3[nH]2)n1. The lowest BCUT2D eigenvalue weighted by Crippen LogP contribution is -2.07.